The quantitative estimate of drug-likeness (QED) is 0.547. The standard InChI is InChI=1S/C6H8O4/c1-4-2-3-6(9,10-4)5(7)8/h9H,1-3H2,(H,7,8)/t6-/m0/s1. The molecule has 1 fully saturated rings. The summed E-state index contributed by atoms with van der Waals surface area (Å²) in [7, 11) is 0. The van der Waals surface area contributed by atoms with E-state index >= 15 is 0 Å². The van der Waals surface area contributed by atoms with E-state index in [4.69, 9.17) is 10.2 Å². The molecule has 0 aromatic rings. The monoisotopic (exact) mass is 144 g/mol. The Morgan fingerprint density at radius 2 is 2.40 bits per heavy atom. The van der Waals surface area contributed by atoms with Crippen molar-refractivity contribution in [3.63, 3.8) is 0 Å². The van der Waals surface area contributed by atoms with E-state index in [1.54, 1.807) is 0 Å². The van der Waals surface area contributed by atoms with Crippen molar-refractivity contribution in [2.45, 2.75) is 18.6 Å². The highest BCUT2D eigenvalue weighted by Gasteiger charge is 2.43. The molecule has 0 unspecified atom stereocenters. The van der Waals surface area contributed by atoms with Crippen LogP contribution in [0.25, 0.3) is 0 Å². The molecule has 4 heteroatoms. The molecule has 0 bridgehead atoms. The fourth-order valence-corrected chi connectivity index (χ4v) is 0.800. The summed E-state index contributed by atoms with van der Waals surface area (Å²) in [6.07, 6.45) is 0.490. The van der Waals surface area contributed by atoms with Crippen LogP contribution in [0, 0.1) is 0 Å². The second kappa shape index (κ2) is 1.98. The fourth-order valence-electron chi connectivity index (χ4n) is 0.800. The van der Waals surface area contributed by atoms with Crippen molar-refractivity contribution in [3.8, 4) is 0 Å². The Hall–Kier alpha value is -1.03. The number of carbonyl (C=O) groups is 1. The average molecular weight is 144 g/mol. The third-order valence-electron chi connectivity index (χ3n) is 1.39. The largest absolute Gasteiger partial charge is 0.476 e. The smallest absolute Gasteiger partial charge is 0.377 e. The third-order valence-corrected chi connectivity index (χ3v) is 1.39. The van der Waals surface area contributed by atoms with E-state index < -0.39 is 11.8 Å². The minimum atomic E-state index is -2.02. The molecule has 0 saturated carbocycles. The van der Waals surface area contributed by atoms with Gasteiger partial charge in [-0.25, -0.2) is 4.79 Å². The van der Waals surface area contributed by atoms with Gasteiger partial charge in [-0.15, -0.1) is 0 Å². The highest BCUT2D eigenvalue weighted by molar-refractivity contribution is 5.75. The molecular formula is C6H8O4. The number of hydrogen-bond acceptors (Lipinski definition) is 3. The van der Waals surface area contributed by atoms with E-state index in [-0.39, 0.29) is 6.42 Å². The summed E-state index contributed by atoms with van der Waals surface area (Å²) < 4.78 is 4.57. The number of ether oxygens (including phenoxy) is 1. The van der Waals surface area contributed by atoms with Gasteiger partial charge in [0.05, 0.1) is 5.76 Å². The topological polar surface area (TPSA) is 66.8 Å². The van der Waals surface area contributed by atoms with Gasteiger partial charge in [0.1, 0.15) is 0 Å². The van der Waals surface area contributed by atoms with Crippen molar-refractivity contribution in [2.75, 3.05) is 0 Å². The second-order valence-corrected chi connectivity index (χ2v) is 2.23. The van der Waals surface area contributed by atoms with Gasteiger partial charge in [-0.2, -0.15) is 0 Å². The molecule has 1 aliphatic rings. The van der Waals surface area contributed by atoms with Gasteiger partial charge < -0.3 is 14.9 Å². The Morgan fingerprint density at radius 1 is 1.80 bits per heavy atom. The molecule has 1 rings (SSSR count). The fraction of sp³-hybridized carbons (Fsp3) is 0.500. The van der Waals surface area contributed by atoms with Gasteiger partial charge in [-0.05, 0) is 0 Å². The predicted molar refractivity (Wildman–Crippen MR) is 32.0 cm³/mol. The van der Waals surface area contributed by atoms with Crippen molar-refractivity contribution in [1.82, 2.24) is 0 Å². The number of aliphatic carboxylic acids is 1. The Morgan fingerprint density at radius 3 is 2.60 bits per heavy atom. The normalized spacial score (nSPS) is 31.9. The number of hydrogen-bond donors (Lipinski definition) is 2. The first-order valence-electron chi connectivity index (χ1n) is 2.87. The van der Waals surface area contributed by atoms with E-state index in [2.05, 4.69) is 11.3 Å². The number of carboxylic acids is 1. The lowest BCUT2D eigenvalue weighted by Crippen LogP contribution is -2.36. The molecule has 0 amide bonds. The summed E-state index contributed by atoms with van der Waals surface area (Å²) in [5, 5.41) is 17.4. The first-order chi connectivity index (χ1) is 4.54. The molecule has 1 saturated heterocycles. The van der Waals surface area contributed by atoms with Crippen LogP contribution >= 0.6 is 0 Å². The highest BCUT2D eigenvalue weighted by atomic mass is 16.7. The minimum Gasteiger partial charge on any atom is -0.476 e. The van der Waals surface area contributed by atoms with Gasteiger partial charge in [0.15, 0.2) is 0 Å². The Labute approximate surface area is 57.7 Å². The van der Waals surface area contributed by atoms with Crippen molar-refractivity contribution in [3.05, 3.63) is 12.3 Å². The van der Waals surface area contributed by atoms with Crippen molar-refractivity contribution in [2.24, 2.45) is 0 Å². The minimum absolute atomic E-state index is 0.0845. The average Bonchev–Trinajstić information content (AvgIpc) is 2.13. The number of aliphatic hydroxyl groups is 1. The summed E-state index contributed by atoms with van der Waals surface area (Å²) in [5.74, 6) is -3.05. The maximum absolute atomic E-state index is 10.3. The Balaban J connectivity index is 2.72. The van der Waals surface area contributed by atoms with Crippen LogP contribution in [-0.2, 0) is 9.53 Å². The van der Waals surface area contributed by atoms with Crippen LogP contribution in [-0.4, -0.2) is 22.0 Å². The molecule has 0 spiro atoms. The molecule has 0 aliphatic carbocycles. The maximum atomic E-state index is 10.3. The molecule has 1 heterocycles. The Bertz CT molecular complexity index is 186. The lowest BCUT2D eigenvalue weighted by atomic mass is 10.2. The van der Waals surface area contributed by atoms with E-state index in [1.807, 2.05) is 0 Å². The number of allylic oxidation sites excluding steroid dienone is 1. The van der Waals surface area contributed by atoms with Crippen LogP contribution in [0.5, 0.6) is 0 Å². The van der Waals surface area contributed by atoms with E-state index in [0.29, 0.717) is 12.2 Å². The van der Waals surface area contributed by atoms with Crippen molar-refractivity contribution < 1.29 is 19.7 Å². The van der Waals surface area contributed by atoms with Gasteiger partial charge in [0.2, 0.25) is 0 Å². The summed E-state index contributed by atoms with van der Waals surface area (Å²) in [6.45, 7) is 3.39. The van der Waals surface area contributed by atoms with Crippen molar-refractivity contribution in [1.29, 1.82) is 0 Å². The summed E-state index contributed by atoms with van der Waals surface area (Å²) in [4.78, 5) is 10.3. The lowest BCUT2D eigenvalue weighted by molar-refractivity contribution is -0.199. The summed E-state index contributed by atoms with van der Waals surface area (Å²) in [5.41, 5.74) is 0. The molecule has 1 aliphatic heterocycles. The van der Waals surface area contributed by atoms with E-state index in [0.717, 1.165) is 0 Å². The van der Waals surface area contributed by atoms with Crippen LogP contribution in [0.15, 0.2) is 12.3 Å². The molecule has 56 valence electrons. The van der Waals surface area contributed by atoms with Gasteiger partial charge in [0, 0.05) is 12.8 Å². The zero-order chi connectivity index (χ0) is 7.78. The van der Waals surface area contributed by atoms with Crippen molar-refractivity contribution >= 4 is 5.97 Å². The van der Waals surface area contributed by atoms with Crippen LogP contribution in [0.1, 0.15) is 12.8 Å². The predicted octanol–water partition coefficient (Wildman–Crippen LogP) is 0.0837. The molecule has 0 aromatic heterocycles. The van der Waals surface area contributed by atoms with Crippen LogP contribution in [0.3, 0.4) is 0 Å². The zero-order valence-electron chi connectivity index (χ0n) is 5.33. The zero-order valence-corrected chi connectivity index (χ0v) is 5.33. The lowest BCUT2D eigenvalue weighted by Gasteiger charge is -2.15. The van der Waals surface area contributed by atoms with Crippen LogP contribution in [0.4, 0.5) is 0 Å². The van der Waals surface area contributed by atoms with Gasteiger partial charge in [0.25, 0.3) is 0 Å². The first-order valence-corrected chi connectivity index (χ1v) is 2.87. The number of rotatable bonds is 1. The molecular weight excluding hydrogens is 136 g/mol. The molecule has 10 heavy (non-hydrogen) atoms. The highest BCUT2D eigenvalue weighted by Crippen LogP contribution is 2.29. The summed E-state index contributed by atoms with van der Waals surface area (Å²) >= 11 is 0. The van der Waals surface area contributed by atoms with E-state index in [9.17, 15) is 4.79 Å². The Kier molecular flexibility index (Phi) is 1.40. The van der Waals surface area contributed by atoms with Gasteiger partial charge >= 0.3 is 11.8 Å². The maximum Gasteiger partial charge on any atom is 0.377 e. The second-order valence-electron chi connectivity index (χ2n) is 2.23. The molecule has 4 nitrogen and oxygen atoms in total. The van der Waals surface area contributed by atoms with Crippen LogP contribution in [0.2, 0.25) is 0 Å². The van der Waals surface area contributed by atoms with Crippen LogP contribution < -0.4 is 0 Å². The molecule has 1 atom stereocenters. The number of carboxylic acid groups (broad SMARTS) is 1. The van der Waals surface area contributed by atoms with Gasteiger partial charge in [-0.1, -0.05) is 6.58 Å². The van der Waals surface area contributed by atoms with E-state index in [1.165, 1.54) is 0 Å². The molecule has 0 aromatic carbocycles. The SMILES string of the molecule is C=C1CC[C@@](O)(C(=O)O)O1. The molecule has 2 N–H and O–H groups in total. The summed E-state index contributed by atoms with van der Waals surface area (Å²) in [6, 6.07) is 0. The molecule has 0 radical (unpaired) electrons. The third kappa shape index (κ3) is 0.974. The van der Waals surface area contributed by atoms with Gasteiger partial charge in [-0.3, -0.25) is 0 Å². The first kappa shape index (κ1) is 7.08.